The maximum Gasteiger partial charge on any atom is 0.193 e. The van der Waals surface area contributed by atoms with E-state index in [4.69, 9.17) is 10.4 Å². The van der Waals surface area contributed by atoms with Crippen molar-refractivity contribution < 1.29 is 9.90 Å². The average Bonchev–Trinajstić information content (AvgIpc) is 2.16. The molecule has 0 saturated carbocycles. The first-order valence-electron chi connectivity index (χ1n) is 3.46. The van der Waals surface area contributed by atoms with Gasteiger partial charge in [-0.15, -0.1) is 0 Å². The highest BCUT2D eigenvalue weighted by molar-refractivity contribution is 5.74. The second-order valence-corrected chi connectivity index (χ2v) is 2.23. The molecule has 0 fully saturated rings. The lowest BCUT2D eigenvalue weighted by Crippen LogP contribution is -1.79. The van der Waals surface area contributed by atoms with E-state index in [1.807, 2.05) is 0 Å². The van der Waals surface area contributed by atoms with E-state index in [9.17, 15) is 4.79 Å². The number of phenols is 1. The fourth-order valence-electron chi connectivity index (χ4n) is 0.816. The number of hydrogen-bond acceptors (Lipinski definition) is 3. The molecule has 1 N–H and O–H groups in total. The fourth-order valence-corrected chi connectivity index (χ4v) is 0.816. The molecule has 13 heavy (non-hydrogen) atoms. The first-order valence-corrected chi connectivity index (χ1v) is 3.46. The van der Waals surface area contributed by atoms with E-state index in [0.29, 0.717) is 11.8 Å². The summed E-state index contributed by atoms with van der Waals surface area (Å²) < 4.78 is 0. The van der Waals surface area contributed by atoms with Gasteiger partial charge < -0.3 is 5.11 Å². The van der Waals surface area contributed by atoms with Crippen molar-refractivity contribution in [3.05, 3.63) is 29.3 Å². The van der Waals surface area contributed by atoms with Gasteiger partial charge in [0, 0.05) is 5.56 Å². The second-order valence-electron chi connectivity index (χ2n) is 2.23. The molecule has 0 bridgehead atoms. The summed E-state index contributed by atoms with van der Waals surface area (Å²) in [5.74, 6) is 4.65. The van der Waals surface area contributed by atoms with Crippen LogP contribution in [0.2, 0.25) is 0 Å². The number of carbonyl (C=O) groups is 1. The number of nitrogens with zero attached hydrogens (tertiary/aromatic N) is 1. The molecule has 0 radical (unpaired) electrons. The first-order chi connectivity index (χ1) is 6.27. The third-order valence-electron chi connectivity index (χ3n) is 1.39. The molecule has 0 aromatic heterocycles. The van der Waals surface area contributed by atoms with E-state index in [-0.39, 0.29) is 11.3 Å². The third kappa shape index (κ3) is 2.08. The highest BCUT2D eigenvalue weighted by atomic mass is 16.3. The molecular weight excluding hydrogens is 166 g/mol. The minimum Gasteiger partial charge on any atom is -0.507 e. The van der Waals surface area contributed by atoms with E-state index < -0.39 is 0 Å². The third-order valence-corrected chi connectivity index (χ3v) is 1.39. The molecule has 0 atom stereocenters. The highest BCUT2D eigenvalue weighted by Gasteiger charge is 1.98. The Balaban J connectivity index is 3.15. The highest BCUT2D eigenvalue weighted by Crippen LogP contribution is 2.16. The summed E-state index contributed by atoms with van der Waals surface area (Å²) in [6, 6.07) is 6.13. The van der Waals surface area contributed by atoms with Crippen molar-refractivity contribution in [2.24, 2.45) is 0 Å². The molecule has 3 nitrogen and oxygen atoms in total. The smallest absolute Gasteiger partial charge is 0.193 e. The predicted molar refractivity (Wildman–Crippen MR) is 45.8 cm³/mol. The zero-order valence-corrected chi connectivity index (χ0v) is 6.61. The Kier molecular flexibility index (Phi) is 2.68. The number of carbonyl (C=O) groups excluding carboxylic acids is 1. The number of phenolic OH excluding ortho intramolecular Hbond substituents is 1. The monoisotopic (exact) mass is 171 g/mol. The standard InChI is InChI=1S/C10H5NO2/c11-7-9-6-8(2-1-5-12)3-4-10(9)13/h3-6,13H. The van der Waals surface area contributed by atoms with Gasteiger partial charge in [0.25, 0.3) is 0 Å². The van der Waals surface area contributed by atoms with Crippen molar-refractivity contribution in [2.45, 2.75) is 0 Å². The van der Waals surface area contributed by atoms with Crippen LogP contribution in [0.4, 0.5) is 0 Å². The summed E-state index contributed by atoms with van der Waals surface area (Å²) in [6.45, 7) is 0. The first kappa shape index (κ1) is 8.83. The SMILES string of the molecule is N#Cc1cc(C#CC=O)ccc1O. The van der Waals surface area contributed by atoms with E-state index in [1.54, 1.807) is 6.07 Å². The lowest BCUT2D eigenvalue weighted by atomic mass is 10.1. The van der Waals surface area contributed by atoms with Crippen LogP contribution < -0.4 is 0 Å². The second kappa shape index (κ2) is 3.94. The van der Waals surface area contributed by atoms with Crippen molar-refractivity contribution >= 4 is 6.29 Å². The molecule has 0 heterocycles. The molecule has 0 unspecified atom stereocenters. The van der Waals surface area contributed by atoms with Crippen molar-refractivity contribution in [3.8, 4) is 23.7 Å². The molecular formula is C10H5NO2. The normalized spacial score (nSPS) is 7.92. The van der Waals surface area contributed by atoms with Crippen LogP contribution >= 0.6 is 0 Å². The summed E-state index contributed by atoms with van der Waals surface area (Å²) in [4.78, 5) is 9.91. The van der Waals surface area contributed by atoms with Crippen LogP contribution in [0.25, 0.3) is 0 Å². The Morgan fingerprint density at radius 2 is 2.23 bits per heavy atom. The number of rotatable bonds is 0. The number of hydrogen-bond donors (Lipinski definition) is 1. The van der Waals surface area contributed by atoms with Crippen molar-refractivity contribution in [1.82, 2.24) is 0 Å². The number of benzene rings is 1. The Morgan fingerprint density at radius 3 is 2.85 bits per heavy atom. The Hall–Kier alpha value is -2.26. The zero-order valence-electron chi connectivity index (χ0n) is 6.61. The van der Waals surface area contributed by atoms with Gasteiger partial charge in [-0.2, -0.15) is 5.26 Å². The lowest BCUT2D eigenvalue weighted by Gasteiger charge is -1.94. The molecule has 0 aliphatic heterocycles. The van der Waals surface area contributed by atoms with Gasteiger partial charge in [0.15, 0.2) is 6.29 Å². The van der Waals surface area contributed by atoms with Crippen molar-refractivity contribution in [2.75, 3.05) is 0 Å². The van der Waals surface area contributed by atoms with Gasteiger partial charge >= 0.3 is 0 Å². The topological polar surface area (TPSA) is 61.1 Å². The number of nitriles is 1. The van der Waals surface area contributed by atoms with E-state index in [0.717, 1.165) is 0 Å². The minimum absolute atomic E-state index is 0.0841. The van der Waals surface area contributed by atoms with Crippen LogP contribution in [0.1, 0.15) is 11.1 Å². The summed E-state index contributed by atoms with van der Waals surface area (Å²) in [5.41, 5.74) is 0.680. The van der Waals surface area contributed by atoms with Crippen LogP contribution in [0, 0.1) is 23.2 Å². The quantitative estimate of drug-likeness (QED) is 0.464. The summed E-state index contributed by atoms with van der Waals surface area (Å²) in [7, 11) is 0. The van der Waals surface area contributed by atoms with E-state index >= 15 is 0 Å². The number of aromatic hydroxyl groups is 1. The Labute approximate surface area is 75.2 Å². The van der Waals surface area contributed by atoms with Gasteiger partial charge in [-0.1, -0.05) is 5.92 Å². The molecule has 0 spiro atoms. The summed E-state index contributed by atoms with van der Waals surface area (Å²) in [6.07, 6.45) is 0.471. The van der Waals surface area contributed by atoms with Crippen LogP contribution in [-0.2, 0) is 4.79 Å². The molecule has 0 aliphatic rings. The summed E-state index contributed by atoms with van der Waals surface area (Å²) in [5, 5.41) is 17.7. The Bertz CT molecular complexity index is 432. The number of aldehydes is 1. The van der Waals surface area contributed by atoms with Gasteiger partial charge in [0.2, 0.25) is 0 Å². The molecule has 62 valence electrons. The maximum atomic E-state index is 9.91. The maximum absolute atomic E-state index is 9.91. The van der Waals surface area contributed by atoms with Gasteiger partial charge in [-0.3, -0.25) is 4.79 Å². The molecule has 1 aromatic rings. The van der Waals surface area contributed by atoms with Gasteiger partial charge in [0.05, 0.1) is 5.56 Å². The van der Waals surface area contributed by atoms with Gasteiger partial charge in [-0.25, -0.2) is 0 Å². The molecule has 3 heteroatoms. The van der Waals surface area contributed by atoms with Crippen molar-refractivity contribution in [3.63, 3.8) is 0 Å². The van der Waals surface area contributed by atoms with E-state index in [1.165, 1.54) is 18.2 Å². The molecule has 0 amide bonds. The fraction of sp³-hybridized carbons (Fsp3) is 0. The van der Waals surface area contributed by atoms with Crippen LogP contribution in [0.3, 0.4) is 0 Å². The zero-order chi connectivity index (χ0) is 9.68. The molecule has 1 aromatic carbocycles. The van der Waals surface area contributed by atoms with Crippen LogP contribution in [0.5, 0.6) is 5.75 Å². The van der Waals surface area contributed by atoms with Crippen LogP contribution in [0.15, 0.2) is 18.2 Å². The van der Waals surface area contributed by atoms with Crippen LogP contribution in [-0.4, -0.2) is 11.4 Å². The van der Waals surface area contributed by atoms with Crippen molar-refractivity contribution in [1.29, 1.82) is 5.26 Å². The lowest BCUT2D eigenvalue weighted by molar-refractivity contribution is -0.103. The molecule has 0 saturated heterocycles. The Morgan fingerprint density at radius 1 is 1.46 bits per heavy atom. The average molecular weight is 171 g/mol. The van der Waals surface area contributed by atoms with Gasteiger partial charge in [-0.05, 0) is 24.1 Å². The molecule has 0 aliphatic carbocycles. The largest absolute Gasteiger partial charge is 0.507 e. The molecule has 1 rings (SSSR count). The van der Waals surface area contributed by atoms with Gasteiger partial charge in [0.1, 0.15) is 11.8 Å². The minimum atomic E-state index is -0.0841. The van der Waals surface area contributed by atoms with E-state index in [2.05, 4.69) is 11.8 Å². The predicted octanol–water partition coefficient (Wildman–Crippen LogP) is 0.814. The summed E-state index contributed by atoms with van der Waals surface area (Å²) >= 11 is 0.